The number of benzene rings is 2. The molecule has 0 fully saturated rings. The number of nitrogens with zero attached hydrogens (tertiary/aromatic N) is 3. The van der Waals surface area contributed by atoms with E-state index in [0.717, 1.165) is 12.2 Å². The van der Waals surface area contributed by atoms with E-state index in [0.29, 0.717) is 13.0 Å². The van der Waals surface area contributed by atoms with Crippen molar-refractivity contribution in [2.45, 2.75) is 64.0 Å². The predicted octanol–water partition coefficient (Wildman–Crippen LogP) is 5.06. The SMILES string of the molecule is CCc1ccc(OCCC(n2cncn2)C(C)(OS(=O)(=O)c2ccccc2)C(C)(C)C)cc1. The molecule has 0 amide bonds. The van der Waals surface area contributed by atoms with Gasteiger partial charge < -0.3 is 4.74 Å². The van der Waals surface area contributed by atoms with Gasteiger partial charge in [-0.3, -0.25) is 4.18 Å². The van der Waals surface area contributed by atoms with Crippen LogP contribution in [0.5, 0.6) is 5.75 Å². The minimum absolute atomic E-state index is 0.116. The third-order valence-corrected chi connectivity index (χ3v) is 7.60. The fraction of sp³-hybridized carbons (Fsp3) is 0.440. The van der Waals surface area contributed by atoms with Crippen LogP contribution in [0.25, 0.3) is 0 Å². The van der Waals surface area contributed by atoms with Crippen molar-refractivity contribution in [1.82, 2.24) is 14.8 Å². The van der Waals surface area contributed by atoms with E-state index in [1.54, 1.807) is 29.2 Å². The van der Waals surface area contributed by atoms with Crippen molar-refractivity contribution in [3.05, 3.63) is 72.8 Å². The van der Waals surface area contributed by atoms with Crippen molar-refractivity contribution >= 4 is 10.1 Å². The quantitative estimate of drug-likeness (QED) is 0.384. The van der Waals surface area contributed by atoms with E-state index in [1.807, 2.05) is 52.0 Å². The Bertz CT molecular complexity index is 1110. The average Bonchev–Trinajstić information content (AvgIpc) is 3.31. The molecule has 7 nitrogen and oxygen atoms in total. The number of hydrogen-bond acceptors (Lipinski definition) is 6. The van der Waals surface area contributed by atoms with Gasteiger partial charge in [-0.05, 0) is 48.6 Å². The molecule has 0 aliphatic carbocycles. The number of aryl methyl sites for hydroxylation is 1. The Morgan fingerprint density at radius 1 is 1.00 bits per heavy atom. The fourth-order valence-corrected chi connectivity index (χ4v) is 5.10. The Morgan fingerprint density at radius 2 is 1.67 bits per heavy atom. The van der Waals surface area contributed by atoms with Crippen molar-refractivity contribution in [2.75, 3.05) is 6.61 Å². The van der Waals surface area contributed by atoms with Crippen LogP contribution >= 0.6 is 0 Å². The lowest BCUT2D eigenvalue weighted by molar-refractivity contribution is -0.0645. The smallest absolute Gasteiger partial charge is 0.297 e. The standard InChI is InChI=1S/C25H33N3O4S/c1-6-20-12-14-21(15-13-20)31-17-16-23(28-19-26-18-27-28)25(5,24(2,3)4)32-33(29,30)22-10-8-7-9-11-22/h7-15,18-19,23H,6,16-17H2,1-5H3. The summed E-state index contributed by atoms with van der Waals surface area (Å²) < 4.78 is 40.1. The third kappa shape index (κ3) is 5.81. The van der Waals surface area contributed by atoms with Gasteiger partial charge in [0, 0.05) is 6.42 Å². The normalized spacial score (nSPS) is 15.1. The van der Waals surface area contributed by atoms with E-state index >= 15 is 0 Å². The second kappa shape index (κ2) is 10.1. The second-order valence-corrected chi connectivity index (χ2v) is 10.8. The molecule has 2 aromatic carbocycles. The topological polar surface area (TPSA) is 83.3 Å². The molecule has 0 bridgehead atoms. The molecule has 3 rings (SSSR count). The molecule has 1 aromatic heterocycles. The highest BCUT2D eigenvalue weighted by Crippen LogP contribution is 2.45. The van der Waals surface area contributed by atoms with E-state index < -0.39 is 27.2 Å². The molecule has 0 aliphatic heterocycles. The van der Waals surface area contributed by atoms with Gasteiger partial charge in [-0.2, -0.15) is 13.5 Å². The summed E-state index contributed by atoms with van der Waals surface area (Å²) in [5.41, 5.74) is -0.471. The molecule has 33 heavy (non-hydrogen) atoms. The lowest BCUT2D eigenvalue weighted by Gasteiger charge is -2.45. The summed E-state index contributed by atoms with van der Waals surface area (Å²) >= 11 is 0. The molecular weight excluding hydrogens is 438 g/mol. The number of rotatable bonds is 10. The van der Waals surface area contributed by atoms with Crippen LogP contribution in [0.15, 0.2) is 72.1 Å². The Morgan fingerprint density at radius 3 is 2.21 bits per heavy atom. The first-order chi connectivity index (χ1) is 15.6. The summed E-state index contributed by atoms with van der Waals surface area (Å²) in [5, 5.41) is 4.32. The van der Waals surface area contributed by atoms with E-state index in [4.69, 9.17) is 8.92 Å². The average molecular weight is 472 g/mol. The molecule has 178 valence electrons. The van der Waals surface area contributed by atoms with E-state index in [1.165, 1.54) is 24.0 Å². The summed E-state index contributed by atoms with van der Waals surface area (Å²) in [6.07, 6.45) is 4.46. The molecule has 0 saturated carbocycles. The van der Waals surface area contributed by atoms with Crippen molar-refractivity contribution in [1.29, 1.82) is 0 Å². The molecule has 0 radical (unpaired) electrons. The number of ether oxygens (including phenoxy) is 1. The largest absolute Gasteiger partial charge is 0.494 e. The van der Waals surface area contributed by atoms with Crippen LogP contribution in [-0.4, -0.2) is 35.4 Å². The van der Waals surface area contributed by atoms with Gasteiger partial charge in [-0.15, -0.1) is 0 Å². The van der Waals surface area contributed by atoms with Gasteiger partial charge in [0.05, 0.1) is 17.5 Å². The van der Waals surface area contributed by atoms with Crippen LogP contribution in [0.2, 0.25) is 0 Å². The maximum atomic E-state index is 13.2. The van der Waals surface area contributed by atoms with Crippen LogP contribution in [0.4, 0.5) is 0 Å². The predicted molar refractivity (Wildman–Crippen MR) is 128 cm³/mol. The number of hydrogen-bond donors (Lipinski definition) is 0. The van der Waals surface area contributed by atoms with Gasteiger partial charge in [0.1, 0.15) is 24.0 Å². The zero-order valence-electron chi connectivity index (χ0n) is 19.9. The van der Waals surface area contributed by atoms with Crippen molar-refractivity contribution < 1.29 is 17.3 Å². The molecule has 8 heteroatoms. The van der Waals surface area contributed by atoms with Gasteiger partial charge in [-0.25, -0.2) is 9.67 Å². The lowest BCUT2D eigenvalue weighted by atomic mass is 9.72. The van der Waals surface area contributed by atoms with E-state index in [2.05, 4.69) is 17.0 Å². The maximum Gasteiger partial charge on any atom is 0.297 e. The Hall–Kier alpha value is -2.71. The van der Waals surface area contributed by atoms with Gasteiger partial charge in [-0.1, -0.05) is 58.0 Å². The summed E-state index contributed by atoms with van der Waals surface area (Å²) in [6, 6.07) is 15.7. The van der Waals surface area contributed by atoms with Gasteiger partial charge in [0.25, 0.3) is 10.1 Å². The molecule has 3 aromatic rings. The van der Waals surface area contributed by atoms with Gasteiger partial charge in [0.2, 0.25) is 0 Å². The first-order valence-electron chi connectivity index (χ1n) is 11.1. The second-order valence-electron chi connectivity index (χ2n) is 9.23. The lowest BCUT2D eigenvalue weighted by Crippen LogP contribution is -2.51. The maximum absolute atomic E-state index is 13.2. The van der Waals surface area contributed by atoms with E-state index in [9.17, 15) is 8.42 Å². The molecule has 0 aliphatic rings. The van der Waals surface area contributed by atoms with Crippen LogP contribution < -0.4 is 4.74 Å². The molecule has 2 atom stereocenters. The van der Waals surface area contributed by atoms with Crippen LogP contribution in [0.3, 0.4) is 0 Å². The molecule has 1 heterocycles. The molecule has 0 saturated heterocycles. The van der Waals surface area contributed by atoms with E-state index in [-0.39, 0.29) is 4.90 Å². The first-order valence-corrected chi connectivity index (χ1v) is 12.5. The summed E-state index contributed by atoms with van der Waals surface area (Å²) in [7, 11) is -4.02. The Balaban J connectivity index is 1.89. The molecule has 0 spiro atoms. The number of aromatic nitrogens is 3. The zero-order chi connectivity index (χ0) is 24.1. The first kappa shape index (κ1) is 24.9. The summed E-state index contributed by atoms with van der Waals surface area (Å²) in [6.45, 7) is 10.2. The van der Waals surface area contributed by atoms with Crippen LogP contribution in [0.1, 0.15) is 52.6 Å². The molecule has 2 unspecified atom stereocenters. The minimum atomic E-state index is -4.02. The summed E-state index contributed by atoms with van der Waals surface area (Å²) in [5.74, 6) is 0.764. The third-order valence-electron chi connectivity index (χ3n) is 6.19. The minimum Gasteiger partial charge on any atom is -0.494 e. The highest BCUT2D eigenvalue weighted by atomic mass is 32.2. The molecular formula is C25H33N3O4S. The highest BCUT2D eigenvalue weighted by molar-refractivity contribution is 7.86. The monoisotopic (exact) mass is 471 g/mol. The zero-order valence-corrected chi connectivity index (χ0v) is 20.7. The van der Waals surface area contributed by atoms with Crippen LogP contribution in [-0.2, 0) is 20.7 Å². The molecule has 0 N–H and O–H groups in total. The van der Waals surface area contributed by atoms with Gasteiger partial charge >= 0.3 is 0 Å². The van der Waals surface area contributed by atoms with Crippen molar-refractivity contribution in [2.24, 2.45) is 5.41 Å². The Kier molecular flexibility index (Phi) is 7.59. The van der Waals surface area contributed by atoms with Gasteiger partial charge in [0.15, 0.2) is 0 Å². The van der Waals surface area contributed by atoms with Crippen molar-refractivity contribution in [3.8, 4) is 5.75 Å². The van der Waals surface area contributed by atoms with Crippen molar-refractivity contribution in [3.63, 3.8) is 0 Å². The Labute approximate surface area is 196 Å². The van der Waals surface area contributed by atoms with Crippen LogP contribution in [0, 0.1) is 5.41 Å². The highest BCUT2D eigenvalue weighted by Gasteiger charge is 2.50. The summed E-state index contributed by atoms with van der Waals surface area (Å²) in [4.78, 5) is 4.20. The fourth-order valence-electron chi connectivity index (χ4n) is 3.69.